The first-order valence-electron chi connectivity index (χ1n) is 13.3. The van der Waals surface area contributed by atoms with Crippen LogP contribution >= 0.6 is 0 Å². The van der Waals surface area contributed by atoms with Crippen LogP contribution in [-0.2, 0) is 24.2 Å². The molecule has 1 aliphatic carbocycles. The summed E-state index contributed by atoms with van der Waals surface area (Å²) in [5.74, 6) is 1.04. The van der Waals surface area contributed by atoms with Crippen molar-refractivity contribution in [1.29, 1.82) is 0 Å². The van der Waals surface area contributed by atoms with Crippen LogP contribution in [0.2, 0.25) is 0 Å². The molecule has 0 atom stereocenters. The topological polar surface area (TPSA) is 110 Å². The van der Waals surface area contributed by atoms with E-state index in [2.05, 4.69) is 0 Å². The molecule has 0 saturated heterocycles. The maximum absolute atomic E-state index is 12.9. The highest BCUT2D eigenvalue weighted by molar-refractivity contribution is 6.21. The van der Waals surface area contributed by atoms with E-state index >= 15 is 0 Å². The fourth-order valence-corrected chi connectivity index (χ4v) is 5.35. The van der Waals surface area contributed by atoms with E-state index in [0.29, 0.717) is 41.4 Å². The first-order valence-corrected chi connectivity index (χ1v) is 13.3. The van der Waals surface area contributed by atoms with Gasteiger partial charge >= 0.3 is 5.97 Å². The number of fused-ring (bicyclic) bond motifs is 1. The van der Waals surface area contributed by atoms with Crippen LogP contribution < -0.4 is 4.74 Å². The van der Waals surface area contributed by atoms with Crippen molar-refractivity contribution in [3.63, 3.8) is 0 Å². The molecule has 0 unspecified atom stereocenters. The van der Waals surface area contributed by atoms with E-state index in [4.69, 9.17) is 14.1 Å². The van der Waals surface area contributed by atoms with Crippen LogP contribution in [0.5, 0.6) is 5.75 Å². The van der Waals surface area contributed by atoms with Crippen LogP contribution in [0.25, 0.3) is 0 Å². The molecule has 1 aliphatic heterocycles. The second-order valence-electron chi connectivity index (χ2n) is 10.1. The van der Waals surface area contributed by atoms with E-state index in [0.717, 1.165) is 35.7 Å². The van der Waals surface area contributed by atoms with Crippen molar-refractivity contribution in [1.82, 2.24) is 9.88 Å². The number of imide groups is 1. The summed E-state index contributed by atoms with van der Waals surface area (Å²) < 4.78 is 12.0. The summed E-state index contributed by atoms with van der Waals surface area (Å²) in [6.07, 6.45) is 6.80. The number of carbonyl (C=O) groups excluding carboxylic acids is 2. The van der Waals surface area contributed by atoms with Gasteiger partial charge in [-0.2, -0.15) is 0 Å². The van der Waals surface area contributed by atoms with Crippen molar-refractivity contribution in [2.24, 2.45) is 0 Å². The van der Waals surface area contributed by atoms with Crippen molar-refractivity contribution >= 4 is 17.8 Å². The van der Waals surface area contributed by atoms with Gasteiger partial charge in [0.2, 0.25) is 0 Å². The van der Waals surface area contributed by atoms with Gasteiger partial charge in [0.25, 0.3) is 11.8 Å². The molecule has 1 saturated carbocycles. The number of carboxylic acids is 1. The number of carbonyl (C=O) groups is 3. The van der Waals surface area contributed by atoms with E-state index in [-0.39, 0.29) is 31.2 Å². The maximum Gasteiger partial charge on any atom is 0.303 e. The molecule has 198 valence electrons. The second kappa shape index (κ2) is 11.2. The molecule has 0 radical (unpaired) electrons. The number of aliphatic carboxylic acids is 1. The molecule has 8 heteroatoms. The number of carboxylic acid groups (broad SMARTS) is 1. The fourth-order valence-electron chi connectivity index (χ4n) is 5.35. The predicted octanol–water partition coefficient (Wildman–Crippen LogP) is 5.47. The zero-order chi connectivity index (χ0) is 26.6. The lowest BCUT2D eigenvalue weighted by atomic mass is 9.89. The SMILES string of the molecule is Cc1oc(C2CCCCC2)nc1CCOc1ccc(CCC(=O)O)c(CN2C(=O)c3ccccc3C2=O)c1. The monoisotopic (exact) mass is 516 g/mol. The Hall–Kier alpha value is -3.94. The third-order valence-corrected chi connectivity index (χ3v) is 7.46. The molecule has 3 aromatic rings. The molecule has 2 amide bonds. The third-order valence-electron chi connectivity index (χ3n) is 7.46. The molecule has 1 fully saturated rings. The summed E-state index contributed by atoms with van der Waals surface area (Å²) in [4.78, 5) is 43.0. The van der Waals surface area contributed by atoms with Gasteiger partial charge in [0.15, 0.2) is 5.89 Å². The molecular weight excluding hydrogens is 484 g/mol. The largest absolute Gasteiger partial charge is 0.493 e. The van der Waals surface area contributed by atoms with Crippen LogP contribution in [0.15, 0.2) is 46.9 Å². The normalized spacial score (nSPS) is 15.7. The van der Waals surface area contributed by atoms with Gasteiger partial charge in [-0.15, -0.1) is 0 Å². The van der Waals surface area contributed by atoms with Crippen LogP contribution in [0, 0.1) is 6.92 Å². The highest BCUT2D eigenvalue weighted by Gasteiger charge is 2.35. The number of ether oxygens (including phenoxy) is 1. The lowest BCUT2D eigenvalue weighted by molar-refractivity contribution is -0.136. The van der Waals surface area contributed by atoms with Gasteiger partial charge in [0.05, 0.1) is 30.0 Å². The Bertz CT molecular complexity index is 1320. The average molecular weight is 517 g/mol. The van der Waals surface area contributed by atoms with Crippen molar-refractivity contribution < 1.29 is 28.6 Å². The first kappa shape index (κ1) is 25.7. The van der Waals surface area contributed by atoms with E-state index < -0.39 is 5.97 Å². The molecule has 2 aromatic carbocycles. The van der Waals surface area contributed by atoms with Crippen molar-refractivity contribution in [2.45, 2.75) is 70.8 Å². The molecular formula is C30H32N2O6. The van der Waals surface area contributed by atoms with Gasteiger partial charge < -0.3 is 14.3 Å². The highest BCUT2D eigenvalue weighted by Crippen LogP contribution is 2.33. The number of nitrogens with zero attached hydrogens (tertiary/aromatic N) is 2. The minimum absolute atomic E-state index is 0.0473. The fraction of sp³-hybridized carbons (Fsp3) is 0.400. The summed E-state index contributed by atoms with van der Waals surface area (Å²) in [7, 11) is 0. The molecule has 0 bridgehead atoms. The Morgan fingerprint density at radius 1 is 1.03 bits per heavy atom. The maximum atomic E-state index is 12.9. The third kappa shape index (κ3) is 5.49. The summed E-state index contributed by atoms with van der Waals surface area (Å²) >= 11 is 0. The summed E-state index contributed by atoms with van der Waals surface area (Å²) in [6.45, 7) is 2.37. The second-order valence-corrected chi connectivity index (χ2v) is 10.1. The molecule has 2 aliphatic rings. The van der Waals surface area contributed by atoms with Crippen LogP contribution in [0.4, 0.5) is 0 Å². The van der Waals surface area contributed by atoms with E-state index in [9.17, 15) is 19.5 Å². The zero-order valence-corrected chi connectivity index (χ0v) is 21.6. The Morgan fingerprint density at radius 3 is 2.42 bits per heavy atom. The van der Waals surface area contributed by atoms with E-state index in [1.54, 1.807) is 36.4 Å². The lowest BCUT2D eigenvalue weighted by Gasteiger charge is -2.18. The van der Waals surface area contributed by atoms with Crippen molar-refractivity contribution in [3.05, 3.63) is 82.1 Å². The van der Waals surface area contributed by atoms with Gasteiger partial charge in [-0.1, -0.05) is 37.5 Å². The quantitative estimate of drug-likeness (QED) is 0.356. The minimum atomic E-state index is -0.910. The molecule has 1 aromatic heterocycles. The Labute approximate surface area is 221 Å². The molecule has 2 heterocycles. The van der Waals surface area contributed by atoms with Gasteiger partial charge in [0, 0.05) is 18.8 Å². The first-order chi connectivity index (χ1) is 18.4. The van der Waals surface area contributed by atoms with Crippen LogP contribution in [-0.4, -0.2) is 39.4 Å². The number of aromatic nitrogens is 1. The molecule has 1 N–H and O–H groups in total. The summed E-state index contributed by atoms with van der Waals surface area (Å²) in [6, 6.07) is 12.2. The number of rotatable bonds is 10. The van der Waals surface area contributed by atoms with E-state index in [1.807, 2.05) is 13.0 Å². The Kier molecular flexibility index (Phi) is 7.58. The highest BCUT2D eigenvalue weighted by atomic mass is 16.5. The predicted molar refractivity (Wildman–Crippen MR) is 139 cm³/mol. The number of hydrogen-bond donors (Lipinski definition) is 1. The summed E-state index contributed by atoms with van der Waals surface area (Å²) in [5.41, 5.74) is 3.12. The van der Waals surface area contributed by atoms with E-state index in [1.165, 1.54) is 24.2 Å². The Balaban J connectivity index is 1.28. The van der Waals surface area contributed by atoms with Gasteiger partial charge in [-0.05, 0) is 61.6 Å². The number of hydrogen-bond acceptors (Lipinski definition) is 6. The van der Waals surface area contributed by atoms with Gasteiger partial charge in [-0.25, -0.2) is 4.98 Å². The molecule has 5 rings (SSSR count). The van der Waals surface area contributed by atoms with Gasteiger partial charge in [-0.3, -0.25) is 19.3 Å². The number of aryl methyl sites for hydroxylation is 2. The standard InChI is InChI=1S/C30H32N2O6/c1-19-26(31-28(38-19)21-7-3-2-4-8-21)15-16-37-23-13-11-20(12-14-27(33)34)22(17-23)18-32-29(35)24-9-5-6-10-25(24)30(32)36/h5-6,9-11,13,17,21H,2-4,7-8,12,14-16,18H2,1H3,(H,33,34). The molecule has 8 nitrogen and oxygen atoms in total. The average Bonchev–Trinajstić information content (AvgIpc) is 3.41. The van der Waals surface area contributed by atoms with Gasteiger partial charge in [0.1, 0.15) is 11.5 Å². The van der Waals surface area contributed by atoms with Crippen LogP contribution in [0.3, 0.4) is 0 Å². The lowest BCUT2D eigenvalue weighted by Crippen LogP contribution is -2.29. The van der Waals surface area contributed by atoms with Crippen molar-refractivity contribution in [3.8, 4) is 5.75 Å². The Morgan fingerprint density at radius 2 is 1.74 bits per heavy atom. The zero-order valence-electron chi connectivity index (χ0n) is 21.6. The molecule has 0 spiro atoms. The molecule has 38 heavy (non-hydrogen) atoms. The summed E-state index contributed by atoms with van der Waals surface area (Å²) in [5, 5.41) is 9.18. The van der Waals surface area contributed by atoms with Crippen LogP contribution in [0.1, 0.15) is 93.6 Å². The smallest absolute Gasteiger partial charge is 0.303 e. The number of oxazole rings is 1. The minimum Gasteiger partial charge on any atom is -0.493 e. The number of amides is 2. The van der Waals surface area contributed by atoms with Crippen molar-refractivity contribution in [2.75, 3.05) is 6.61 Å². The number of benzene rings is 2.